The summed E-state index contributed by atoms with van der Waals surface area (Å²) in [5, 5.41) is 0.313. The summed E-state index contributed by atoms with van der Waals surface area (Å²) in [4.78, 5) is 11.3. The summed E-state index contributed by atoms with van der Waals surface area (Å²) in [6, 6.07) is 8.04. The van der Waals surface area contributed by atoms with Crippen LogP contribution < -0.4 is 0 Å². The van der Waals surface area contributed by atoms with Gasteiger partial charge in [0.1, 0.15) is 0 Å². The molecule has 2 aromatic carbocycles. The van der Waals surface area contributed by atoms with Gasteiger partial charge in [-0.1, -0.05) is 35.3 Å². The monoisotopic (exact) mass is 360 g/mol. The number of hydrogen-bond donors (Lipinski definition) is 0. The fraction of sp³-hybridized carbons (Fsp3) is 0.0714. The molecule has 0 saturated carbocycles. The van der Waals surface area contributed by atoms with Gasteiger partial charge in [0.05, 0.1) is 10.0 Å². The highest BCUT2D eigenvalue weighted by Gasteiger charge is 2.14. The van der Waals surface area contributed by atoms with Crippen LogP contribution in [0, 0.1) is 5.82 Å². The molecule has 0 aliphatic carbocycles. The third-order valence-corrected chi connectivity index (χ3v) is 4.27. The minimum atomic E-state index is -0.525. The highest BCUT2D eigenvalue weighted by molar-refractivity contribution is 9.10. The Morgan fingerprint density at radius 2 is 1.89 bits per heavy atom. The topological polar surface area (TPSA) is 17.1 Å². The van der Waals surface area contributed by atoms with Crippen LogP contribution in [0.3, 0.4) is 0 Å². The van der Waals surface area contributed by atoms with Gasteiger partial charge in [-0.25, -0.2) is 4.39 Å². The van der Waals surface area contributed by atoms with E-state index in [1.54, 1.807) is 30.3 Å². The Hall–Kier alpha value is -0.900. The quantitative estimate of drug-likeness (QED) is 0.490. The SMILES string of the molecule is CC(=O)c1ccc(-c2ccc(Br)c(Cl)c2F)cc1Cl. The van der Waals surface area contributed by atoms with E-state index in [1.165, 1.54) is 6.92 Å². The van der Waals surface area contributed by atoms with Gasteiger partial charge in [-0.05, 0) is 46.6 Å². The van der Waals surface area contributed by atoms with Crippen LogP contribution in [0.4, 0.5) is 4.39 Å². The highest BCUT2D eigenvalue weighted by Crippen LogP contribution is 2.34. The van der Waals surface area contributed by atoms with E-state index in [4.69, 9.17) is 23.2 Å². The van der Waals surface area contributed by atoms with Gasteiger partial charge in [0.2, 0.25) is 0 Å². The minimum Gasteiger partial charge on any atom is -0.294 e. The molecule has 1 nitrogen and oxygen atoms in total. The van der Waals surface area contributed by atoms with Crippen LogP contribution in [-0.2, 0) is 0 Å². The number of carbonyl (C=O) groups excluding carboxylic acids is 1. The van der Waals surface area contributed by atoms with Crippen LogP contribution in [0.1, 0.15) is 17.3 Å². The zero-order chi connectivity index (χ0) is 14.2. The molecule has 19 heavy (non-hydrogen) atoms. The molecular weight excluding hydrogens is 354 g/mol. The van der Waals surface area contributed by atoms with E-state index in [2.05, 4.69) is 15.9 Å². The first kappa shape index (κ1) is 14.5. The molecule has 0 spiro atoms. The first-order valence-electron chi connectivity index (χ1n) is 5.36. The van der Waals surface area contributed by atoms with Crippen molar-refractivity contribution in [3.8, 4) is 11.1 Å². The number of benzene rings is 2. The molecule has 5 heteroatoms. The second kappa shape index (κ2) is 5.61. The predicted molar refractivity (Wildman–Crippen MR) is 79.6 cm³/mol. The standard InChI is InChI=1S/C14H8BrCl2FO/c1-7(19)9-3-2-8(6-12(9)16)10-4-5-11(15)13(17)14(10)18/h2-6H,1H3. The maximum Gasteiger partial charge on any atom is 0.161 e. The molecule has 2 aromatic rings. The molecule has 0 saturated heterocycles. The van der Waals surface area contributed by atoms with Crippen molar-refractivity contribution in [3.63, 3.8) is 0 Å². The average molecular weight is 362 g/mol. The average Bonchev–Trinajstić information content (AvgIpc) is 2.35. The molecule has 0 N–H and O–H groups in total. The molecule has 0 aliphatic heterocycles. The lowest BCUT2D eigenvalue weighted by Gasteiger charge is -2.08. The van der Waals surface area contributed by atoms with E-state index >= 15 is 0 Å². The molecule has 0 atom stereocenters. The lowest BCUT2D eigenvalue weighted by atomic mass is 10.0. The number of rotatable bonds is 2. The number of halogens is 4. The Kier molecular flexibility index (Phi) is 4.29. The predicted octanol–water partition coefficient (Wildman–Crippen LogP) is 5.76. The van der Waals surface area contributed by atoms with Gasteiger partial charge in [0, 0.05) is 15.6 Å². The summed E-state index contributed by atoms with van der Waals surface area (Å²) in [5.74, 6) is -0.659. The lowest BCUT2D eigenvalue weighted by molar-refractivity contribution is 0.101. The summed E-state index contributed by atoms with van der Waals surface area (Å²) in [7, 11) is 0. The molecule has 0 aromatic heterocycles. The van der Waals surface area contributed by atoms with Gasteiger partial charge in [-0.15, -0.1) is 0 Å². The van der Waals surface area contributed by atoms with Crippen molar-refractivity contribution in [2.24, 2.45) is 0 Å². The molecule has 0 radical (unpaired) electrons. The van der Waals surface area contributed by atoms with E-state index < -0.39 is 5.82 Å². The Balaban J connectivity index is 2.58. The third-order valence-electron chi connectivity index (χ3n) is 2.69. The van der Waals surface area contributed by atoms with Gasteiger partial charge >= 0.3 is 0 Å². The van der Waals surface area contributed by atoms with Crippen LogP contribution in [0.15, 0.2) is 34.8 Å². The van der Waals surface area contributed by atoms with Gasteiger partial charge < -0.3 is 0 Å². The molecule has 2 rings (SSSR count). The van der Waals surface area contributed by atoms with E-state index in [9.17, 15) is 9.18 Å². The fourth-order valence-electron chi connectivity index (χ4n) is 1.72. The zero-order valence-corrected chi connectivity index (χ0v) is 12.9. The van der Waals surface area contributed by atoms with Crippen molar-refractivity contribution in [2.75, 3.05) is 0 Å². The molecule has 0 amide bonds. The second-order valence-corrected chi connectivity index (χ2v) is 5.61. The number of Topliss-reactive ketones (excluding diaryl/α,β-unsaturated/α-hetero) is 1. The highest BCUT2D eigenvalue weighted by atomic mass is 79.9. The first-order valence-corrected chi connectivity index (χ1v) is 6.91. The van der Waals surface area contributed by atoms with Gasteiger partial charge in [-0.3, -0.25) is 4.79 Å². The molecule has 0 bridgehead atoms. The lowest BCUT2D eigenvalue weighted by Crippen LogP contribution is -1.94. The van der Waals surface area contributed by atoms with Crippen molar-refractivity contribution < 1.29 is 9.18 Å². The van der Waals surface area contributed by atoms with E-state index in [0.717, 1.165) is 0 Å². The smallest absolute Gasteiger partial charge is 0.161 e. The summed E-state index contributed by atoms with van der Waals surface area (Å²) in [6.07, 6.45) is 0. The summed E-state index contributed by atoms with van der Waals surface area (Å²) in [5.41, 5.74) is 1.32. The van der Waals surface area contributed by atoms with Crippen LogP contribution in [0.2, 0.25) is 10.0 Å². The number of hydrogen-bond acceptors (Lipinski definition) is 1. The summed E-state index contributed by atoms with van der Waals surface area (Å²) >= 11 is 15.0. The van der Waals surface area contributed by atoms with Gasteiger partial charge in [0.25, 0.3) is 0 Å². The Labute approximate surface area is 128 Å². The Morgan fingerprint density at radius 1 is 1.21 bits per heavy atom. The molecule has 0 heterocycles. The Morgan fingerprint density at radius 3 is 2.47 bits per heavy atom. The van der Waals surface area contributed by atoms with E-state index in [0.29, 0.717) is 26.2 Å². The fourth-order valence-corrected chi connectivity index (χ4v) is 2.50. The van der Waals surface area contributed by atoms with Gasteiger partial charge in [-0.2, -0.15) is 0 Å². The second-order valence-electron chi connectivity index (χ2n) is 3.97. The third kappa shape index (κ3) is 2.83. The largest absolute Gasteiger partial charge is 0.294 e. The zero-order valence-electron chi connectivity index (χ0n) is 9.81. The summed E-state index contributed by atoms with van der Waals surface area (Å²) in [6.45, 7) is 1.43. The molecule has 98 valence electrons. The molecule has 0 aliphatic rings. The van der Waals surface area contributed by atoms with Gasteiger partial charge in [0.15, 0.2) is 11.6 Å². The van der Waals surface area contributed by atoms with Crippen LogP contribution in [0.5, 0.6) is 0 Å². The normalized spacial score (nSPS) is 10.6. The maximum atomic E-state index is 14.1. The van der Waals surface area contributed by atoms with Crippen LogP contribution >= 0.6 is 39.1 Å². The van der Waals surface area contributed by atoms with Crippen molar-refractivity contribution in [2.45, 2.75) is 6.92 Å². The maximum absolute atomic E-state index is 14.1. The minimum absolute atomic E-state index is 0.0178. The van der Waals surface area contributed by atoms with E-state index in [1.807, 2.05) is 0 Å². The van der Waals surface area contributed by atoms with Crippen molar-refractivity contribution >= 4 is 44.9 Å². The number of ketones is 1. The first-order chi connectivity index (χ1) is 8.91. The summed E-state index contributed by atoms with van der Waals surface area (Å²) < 4.78 is 14.6. The molecule has 0 unspecified atom stereocenters. The molecular formula is C14H8BrCl2FO. The van der Waals surface area contributed by atoms with Crippen LogP contribution in [-0.4, -0.2) is 5.78 Å². The molecule has 0 fully saturated rings. The van der Waals surface area contributed by atoms with Crippen molar-refractivity contribution in [1.82, 2.24) is 0 Å². The Bertz CT molecular complexity index is 671. The van der Waals surface area contributed by atoms with E-state index in [-0.39, 0.29) is 10.8 Å². The van der Waals surface area contributed by atoms with Crippen molar-refractivity contribution in [3.05, 3.63) is 56.2 Å². The van der Waals surface area contributed by atoms with Crippen molar-refractivity contribution in [1.29, 1.82) is 0 Å². The number of carbonyl (C=O) groups is 1. The van der Waals surface area contributed by atoms with Crippen LogP contribution in [0.25, 0.3) is 11.1 Å².